The number of amides is 2. The predicted octanol–water partition coefficient (Wildman–Crippen LogP) is 3.02. The monoisotopic (exact) mass is 438 g/mol. The molecular weight excluding hydrogens is 400 g/mol. The number of carbonyl (C=O) groups is 2. The molecule has 0 spiro atoms. The molecule has 4 bridgehead atoms. The number of hydrogen-bond acceptors (Lipinski definition) is 4. The summed E-state index contributed by atoms with van der Waals surface area (Å²) >= 11 is 0. The molecule has 1 atom stereocenters. The van der Waals surface area contributed by atoms with Gasteiger partial charge in [0.15, 0.2) is 0 Å². The molecule has 1 unspecified atom stereocenters. The third-order valence-electron chi connectivity index (χ3n) is 8.46. The molecule has 6 rings (SSSR count). The van der Waals surface area contributed by atoms with E-state index in [4.69, 9.17) is 0 Å². The molecule has 4 aliphatic carbocycles. The van der Waals surface area contributed by atoms with Crippen molar-refractivity contribution >= 4 is 17.5 Å². The zero-order valence-corrected chi connectivity index (χ0v) is 19.6. The van der Waals surface area contributed by atoms with Gasteiger partial charge in [0.1, 0.15) is 0 Å². The molecule has 1 aromatic rings. The van der Waals surface area contributed by atoms with Gasteiger partial charge >= 0.3 is 0 Å². The minimum absolute atomic E-state index is 0.0231. The third kappa shape index (κ3) is 4.72. The van der Waals surface area contributed by atoms with Gasteiger partial charge in [-0.1, -0.05) is 17.7 Å². The quantitative estimate of drug-likeness (QED) is 0.717. The van der Waals surface area contributed by atoms with Crippen molar-refractivity contribution in [2.75, 3.05) is 38.0 Å². The Morgan fingerprint density at radius 3 is 2.09 bits per heavy atom. The van der Waals surface area contributed by atoms with Crippen LogP contribution in [0.2, 0.25) is 0 Å². The van der Waals surface area contributed by atoms with Gasteiger partial charge in [-0.25, -0.2) is 0 Å². The Morgan fingerprint density at radius 2 is 1.53 bits per heavy atom. The molecular formula is C26H38N4O2. The van der Waals surface area contributed by atoms with Crippen LogP contribution in [0.1, 0.15) is 51.0 Å². The number of carbonyl (C=O) groups excluding carboxylic acids is 2. The zero-order valence-electron chi connectivity index (χ0n) is 19.6. The summed E-state index contributed by atoms with van der Waals surface area (Å²) in [5.74, 6) is 2.75. The number of benzene rings is 1. The number of nitrogens with one attached hydrogen (secondary N) is 2. The first-order valence-electron chi connectivity index (χ1n) is 12.5. The molecule has 4 saturated carbocycles. The standard InChI is InChI=1S/C26H38N4O2/c1-18-3-5-23(6-4-18)27-24(31)17-29-7-9-30(10-8-29)19(2)25(32)28-26-14-20-11-21(15-26)13-22(12-20)16-26/h3-6,19-22H,7-17H2,1-2H3,(H,27,31)(H,28,32). The van der Waals surface area contributed by atoms with Crippen molar-refractivity contribution in [1.29, 1.82) is 0 Å². The van der Waals surface area contributed by atoms with Gasteiger partial charge in [-0.2, -0.15) is 0 Å². The topological polar surface area (TPSA) is 64.7 Å². The predicted molar refractivity (Wildman–Crippen MR) is 126 cm³/mol. The van der Waals surface area contributed by atoms with Crippen LogP contribution in [0.25, 0.3) is 0 Å². The molecule has 6 nitrogen and oxygen atoms in total. The Bertz CT molecular complexity index is 809. The number of rotatable bonds is 6. The number of nitrogens with zero attached hydrogens (tertiary/aromatic N) is 2. The van der Waals surface area contributed by atoms with E-state index in [-0.39, 0.29) is 23.4 Å². The van der Waals surface area contributed by atoms with Crippen molar-refractivity contribution in [2.24, 2.45) is 17.8 Å². The van der Waals surface area contributed by atoms with Crippen molar-refractivity contribution in [3.8, 4) is 0 Å². The maximum atomic E-state index is 13.2. The first-order valence-corrected chi connectivity index (χ1v) is 12.5. The minimum atomic E-state index is -0.105. The van der Waals surface area contributed by atoms with E-state index < -0.39 is 0 Å². The second-order valence-corrected chi connectivity index (χ2v) is 11.1. The van der Waals surface area contributed by atoms with Gasteiger partial charge in [-0.3, -0.25) is 19.4 Å². The summed E-state index contributed by atoms with van der Waals surface area (Å²) in [4.78, 5) is 30.1. The number of piperazine rings is 1. The Labute approximate surface area is 192 Å². The third-order valence-corrected chi connectivity index (χ3v) is 8.46. The van der Waals surface area contributed by atoms with Crippen LogP contribution >= 0.6 is 0 Å². The van der Waals surface area contributed by atoms with E-state index in [1.165, 1.54) is 44.1 Å². The summed E-state index contributed by atoms with van der Waals surface area (Å²) in [6, 6.07) is 7.78. The Kier molecular flexibility index (Phi) is 6.01. The lowest BCUT2D eigenvalue weighted by Gasteiger charge is -2.57. The molecule has 5 fully saturated rings. The van der Waals surface area contributed by atoms with E-state index in [2.05, 4.69) is 27.4 Å². The molecule has 1 aromatic carbocycles. The van der Waals surface area contributed by atoms with Crippen molar-refractivity contribution in [2.45, 2.75) is 64.0 Å². The van der Waals surface area contributed by atoms with Crippen LogP contribution in [-0.4, -0.2) is 65.9 Å². The summed E-state index contributed by atoms with van der Waals surface area (Å²) in [5.41, 5.74) is 2.10. The molecule has 1 heterocycles. The fraction of sp³-hybridized carbons (Fsp3) is 0.692. The van der Waals surface area contributed by atoms with E-state index in [0.29, 0.717) is 6.54 Å². The highest BCUT2D eigenvalue weighted by Gasteiger charge is 2.51. The molecule has 2 N–H and O–H groups in total. The molecule has 32 heavy (non-hydrogen) atoms. The average molecular weight is 439 g/mol. The van der Waals surface area contributed by atoms with Crippen LogP contribution in [0.15, 0.2) is 24.3 Å². The minimum Gasteiger partial charge on any atom is -0.349 e. The van der Waals surface area contributed by atoms with E-state index >= 15 is 0 Å². The molecule has 1 saturated heterocycles. The second-order valence-electron chi connectivity index (χ2n) is 11.1. The molecule has 2 amide bonds. The maximum Gasteiger partial charge on any atom is 0.238 e. The van der Waals surface area contributed by atoms with E-state index in [0.717, 1.165) is 49.6 Å². The highest BCUT2D eigenvalue weighted by Crippen LogP contribution is 2.55. The Balaban J connectivity index is 1.08. The fourth-order valence-electron chi connectivity index (χ4n) is 7.14. The van der Waals surface area contributed by atoms with E-state index in [1.807, 2.05) is 31.2 Å². The van der Waals surface area contributed by atoms with Gasteiger partial charge in [0, 0.05) is 37.4 Å². The number of anilines is 1. The first kappa shape index (κ1) is 21.9. The summed E-state index contributed by atoms with van der Waals surface area (Å²) in [7, 11) is 0. The lowest BCUT2D eigenvalue weighted by molar-refractivity contribution is -0.132. The van der Waals surface area contributed by atoms with E-state index in [1.54, 1.807) is 0 Å². The van der Waals surface area contributed by atoms with Crippen molar-refractivity contribution < 1.29 is 9.59 Å². The summed E-state index contributed by atoms with van der Waals surface area (Å²) < 4.78 is 0. The van der Waals surface area contributed by atoms with E-state index in [9.17, 15) is 9.59 Å². The normalized spacial score (nSPS) is 33.1. The highest BCUT2D eigenvalue weighted by atomic mass is 16.2. The van der Waals surface area contributed by atoms with Gasteiger partial charge in [0.25, 0.3) is 0 Å². The molecule has 1 aliphatic heterocycles. The summed E-state index contributed by atoms with van der Waals surface area (Å²) in [6.45, 7) is 7.77. The largest absolute Gasteiger partial charge is 0.349 e. The molecule has 174 valence electrons. The molecule has 0 radical (unpaired) electrons. The van der Waals surface area contributed by atoms with Crippen LogP contribution in [0.3, 0.4) is 0 Å². The van der Waals surface area contributed by atoms with Gasteiger partial charge in [-0.05, 0) is 82.3 Å². The summed E-state index contributed by atoms with van der Waals surface area (Å²) in [5, 5.41) is 6.52. The van der Waals surface area contributed by atoms with Crippen LogP contribution in [0.4, 0.5) is 5.69 Å². The Hall–Kier alpha value is -1.92. The van der Waals surface area contributed by atoms with Crippen molar-refractivity contribution in [3.05, 3.63) is 29.8 Å². The first-order chi connectivity index (χ1) is 15.4. The average Bonchev–Trinajstić information content (AvgIpc) is 2.74. The van der Waals surface area contributed by atoms with Crippen LogP contribution in [0.5, 0.6) is 0 Å². The van der Waals surface area contributed by atoms with Crippen molar-refractivity contribution in [3.63, 3.8) is 0 Å². The Morgan fingerprint density at radius 1 is 0.969 bits per heavy atom. The lowest BCUT2D eigenvalue weighted by Crippen LogP contribution is -2.63. The van der Waals surface area contributed by atoms with Gasteiger partial charge in [0.2, 0.25) is 11.8 Å². The van der Waals surface area contributed by atoms with Gasteiger partial charge in [-0.15, -0.1) is 0 Å². The van der Waals surface area contributed by atoms with Crippen LogP contribution < -0.4 is 10.6 Å². The summed E-state index contributed by atoms with van der Waals surface area (Å²) in [6.07, 6.45) is 7.77. The zero-order chi connectivity index (χ0) is 22.3. The molecule has 0 aromatic heterocycles. The molecule has 6 heteroatoms. The van der Waals surface area contributed by atoms with Crippen LogP contribution in [-0.2, 0) is 9.59 Å². The molecule has 5 aliphatic rings. The number of aryl methyl sites for hydroxylation is 1. The number of hydrogen-bond donors (Lipinski definition) is 2. The fourth-order valence-corrected chi connectivity index (χ4v) is 7.14. The maximum absolute atomic E-state index is 13.2. The van der Waals surface area contributed by atoms with Gasteiger partial charge < -0.3 is 10.6 Å². The lowest BCUT2D eigenvalue weighted by atomic mass is 9.53. The highest BCUT2D eigenvalue weighted by molar-refractivity contribution is 5.92. The smallest absolute Gasteiger partial charge is 0.238 e. The van der Waals surface area contributed by atoms with Crippen molar-refractivity contribution in [1.82, 2.24) is 15.1 Å². The van der Waals surface area contributed by atoms with Crippen LogP contribution in [0, 0.1) is 24.7 Å². The second kappa shape index (κ2) is 8.79. The SMILES string of the molecule is Cc1ccc(NC(=O)CN2CCN(C(C)C(=O)NC34CC5CC(CC(C5)C3)C4)CC2)cc1. The van der Waals surface area contributed by atoms with Gasteiger partial charge in [0.05, 0.1) is 12.6 Å².